The molecule has 0 fully saturated rings. The summed E-state index contributed by atoms with van der Waals surface area (Å²) in [5, 5.41) is 5.10. The Labute approximate surface area is 169 Å². The zero-order chi connectivity index (χ0) is 18.4. The average Bonchev–Trinajstić information content (AvgIpc) is 3.20. The van der Waals surface area contributed by atoms with E-state index in [0.29, 0.717) is 21.9 Å². The van der Waals surface area contributed by atoms with Gasteiger partial charge in [0.1, 0.15) is 0 Å². The molecule has 3 aromatic carbocycles. The second-order valence-corrected chi connectivity index (χ2v) is 8.04. The van der Waals surface area contributed by atoms with Gasteiger partial charge in [-0.3, -0.25) is 0 Å². The van der Waals surface area contributed by atoms with Gasteiger partial charge in [-0.2, -0.15) is 0 Å². The summed E-state index contributed by atoms with van der Waals surface area (Å²) in [6.07, 6.45) is 5.69. The Balaban J connectivity index is 1.68. The molecule has 0 spiro atoms. The van der Waals surface area contributed by atoms with Crippen molar-refractivity contribution in [2.24, 2.45) is 5.92 Å². The molecule has 1 heterocycles. The normalized spacial score (nSPS) is 22.8. The lowest BCUT2D eigenvalue weighted by atomic mass is 9.76. The maximum absolute atomic E-state index is 6.61. The van der Waals surface area contributed by atoms with Crippen molar-refractivity contribution in [3.63, 3.8) is 0 Å². The first-order valence-electron chi connectivity index (χ1n) is 9.29. The molecule has 27 heavy (non-hydrogen) atoms. The van der Waals surface area contributed by atoms with Crippen LogP contribution in [-0.4, -0.2) is 0 Å². The highest BCUT2D eigenvalue weighted by molar-refractivity contribution is 6.42. The molecule has 2 aliphatic rings. The van der Waals surface area contributed by atoms with Crippen LogP contribution in [0.15, 0.2) is 78.9 Å². The molecule has 0 unspecified atom stereocenters. The fourth-order valence-electron chi connectivity index (χ4n) is 4.55. The molecule has 1 nitrogen and oxygen atoms in total. The summed E-state index contributed by atoms with van der Waals surface area (Å²) in [6, 6.07) is 23.2. The molecule has 3 heteroatoms. The van der Waals surface area contributed by atoms with E-state index in [1.165, 1.54) is 22.4 Å². The van der Waals surface area contributed by atoms with Crippen molar-refractivity contribution < 1.29 is 0 Å². The van der Waals surface area contributed by atoms with Crippen molar-refractivity contribution in [1.29, 1.82) is 0 Å². The summed E-state index contributed by atoms with van der Waals surface area (Å²) >= 11 is 12.9. The first-order chi connectivity index (χ1) is 13.2. The van der Waals surface area contributed by atoms with E-state index in [1.807, 2.05) is 12.1 Å². The maximum atomic E-state index is 6.61. The van der Waals surface area contributed by atoms with E-state index in [9.17, 15) is 0 Å². The highest BCUT2D eigenvalue weighted by atomic mass is 35.5. The molecule has 3 atom stereocenters. The third kappa shape index (κ3) is 2.77. The average molecular weight is 392 g/mol. The molecule has 1 aliphatic carbocycles. The first-order valence-corrected chi connectivity index (χ1v) is 10.0. The third-order valence-corrected chi connectivity index (χ3v) is 6.63. The van der Waals surface area contributed by atoms with Gasteiger partial charge in [-0.15, -0.1) is 0 Å². The monoisotopic (exact) mass is 391 g/mol. The number of anilines is 1. The number of fused-ring (bicyclic) bond motifs is 3. The summed E-state index contributed by atoms with van der Waals surface area (Å²) in [5.74, 6) is 0.837. The lowest BCUT2D eigenvalue weighted by Gasteiger charge is -2.39. The van der Waals surface area contributed by atoms with Crippen molar-refractivity contribution in [1.82, 2.24) is 0 Å². The van der Waals surface area contributed by atoms with Gasteiger partial charge in [-0.1, -0.05) is 96.0 Å². The van der Waals surface area contributed by atoms with E-state index in [2.05, 4.69) is 72.1 Å². The lowest BCUT2D eigenvalue weighted by Crippen LogP contribution is -2.29. The molecule has 0 bridgehead atoms. The van der Waals surface area contributed by atoms with Crippen molar-refractivity contribution in [3.05, 3.63) is 100 Å². The maximum Gasteiger partial charge on any atom is 0.0645 e. The number of halogens is 2. The first kappa shape index (κ1) is 16.9. The summed E-state index contributed by atoms with van der Waals surface area (Å²) in [7, 11) is 0. The molecule has 1 aliphatic heterocycles. The van der Waals surface area contributed by atoms with Crippen LogP contribution in [0.4, 0.5) is 5.69 Å². The van der Waals surface area contributed by atoms with E-state index in [4.69, 9.17) is 23.2 Å². The van der Waals surface area contributed by atoms with Crippen molar-refractivity contribution in [3.8, 4) is 11.1 Å². The van der Waals surface area contributed by atoms with Crippen LogP contribution in [0, 0.1) is 5.92 Å². The van der Waals surface area contributed by atoms with Crippen LogP contribution in [0.3, 0.4) is 0 Å². The smallest absolute Gasteiger partial charge is 0.0645 e. The molecule has 3 aromatic rings. The Morgan fingerprint density at radius 1 is 0.815 bits per heavy atom. The molecule has 0 radical (unpaired) electrons. The SMILES string of the molecule is Clc1cccc([C@@H]2Nc3c(-c4ccccc4)cccc3[C@H]3C=CC[C@H]32)c1Cl. The van der Waals surface area contributed by atoms with Gasteiger partial charge in [0.05, 0.1) is 16.1 Å². The van der Waals surface area contributed by atoms with Gasteiger partial charge >= 0.3 is 0 Å². The molecule has 0 saturated carbocycles. The van der Waals surface area contributed by atoms with Gasteiger partial charge in [0, 0.05) is 17.2 Å². The minimum absolute atomic E-state index is 0.133. The van der Waals surface area contributed by atoms with Crippen molar-refractivity contribution in [2.45, 2.75) is 18.4 Å². The fraction of sp³-hybridized carbons (Fsp3) is 0.167. The lowest BCUT2D eigenvalue weighted by molar-refractivity contribution is 0.426. The summed E-state index contributed by atoms with van der Waals surface area (Å²) in [6.45, 7) is 0. The third-order valence-electron chi connectivity index (χ3n) is 5.80. The van der Waals surface area contributed by atoms with Crippen LogP contribution >= 0.6 is 23.2 Å². The minimum atomic E-state index is 0.133. The second kappa shape index (κ2) is 6.74. The molecule has 0 saturated heterocycles. The molecule has 5 rings (SSSR count). The molecule has 0 aromatic heterocycles. The Kier molecular flexibility index (Phi) is 4.22. The van der Waals surface area contributed by atoms with E-state index in [1.54, 1.807) is 0 Å². The van der Waals surface area contributed by atoms with Crippen LogP contribution in [-0.2, 0) is 0 Å². The zero-order valence-electron chi connectivity index (χ0n) is 14.7. The number of para-hydroxylation sites is 1. The quantitative estimate of drug-likeness (QED) is 0.446. The number of rotatable bonds is 2. The van der Waals surface area contributed by atoms with Crippen LogP contribution < -0.4 is 5.32 Å². The van der Waals surface area contributed by atoms with Gasteiger partial charge in [0.25, 0.3) is 0 Å². The second-order valence-electron chi connectivity index (χ2n) is 7.25. The predicted molar refractivity (Wildman–Crippen MR) is 115 cm³/mol. The van der Waals surface area contributed by atoms with E-state index in [-0.39, 0.29) is 6.04 Å². The van der Waals surface area contributed by atoms with Crippen LogP contribution in [0.25, 0.3) is 11.1 Å². The molecule has 1 N–H and O–H groups in total. The van der Waals surface area contributed by atoms with Gasteiger partial charge in [-0.05, 0) is 35.1 Å². The van der Waals surface area contributed by atoms with E-state index >= 15 is 0 Å². The number of hydrogen-bond acceptors (Lipinski definition) is 1. The topological polar surface area (TPSA) is 12.0 Å². The Morgan fingerprint density at radius 3 is 2.44 bits per heavy atom. The van der Waals surface area contributed by atoms with E-state index < -0.39 is 0 Å². The number of hydrogen-bond donors (Lipinski definition) is 1. The van der Waals surface area contributed by atoms with Crippen molar-refractivity contribution >= 4 is 28.9 Å². The predicted octanol–water partition coefficient (Wildman–Crippen LogP) is 7.49. The Morgan fingerprint density at radius 2 is 1.59 bits per heavy atom. The standard InChI is InChI=1S/C24H19Cl2N/c25-21-14-6-13-20(22(21)26)24-19-12-5-10-17(19)18-11-4-9-16(23(18)27-24)15-7-2-1-3-8-15/h1-11,13-14,17,19,24,27H,12H2/t17-,19-,24-/m1/s1. The van der Waals surface area contributed by atoms with Crippen LogP contribution in [0.2, 0.25) is 10.0 Å². The van der Waals surface area contributed by atoms with Gasteiger partial charge < -0.3 is 5.32 Å². The van der Waals surface area contributed by atoms with Crippen LogP contribution in [0.1, 0.15) is 29.5 Å². The van der Waals surface area contributed by atoms with E-state index in [0.717, 1.165) is 12.0 Å². The largest absolute Gasteiger partial charge is 0.377 e. The summed E-state index contributed by atoms with van der Waals surface area (Å²) in [4.78, 5) is 0. The van der Waals surface area contributed by atoms with Crippen molar-refractivity contribution in [2.75, 3.05) is 5.32 Å². The Hall–Kier alpha value is -2.22. The molecule has 134 valence electrons. The highest BCUT2D eigenvalue weighted by Crippen LogP contribution is 2.53. The van der Waals surface area contributed by atoms with Gasteiger partial charge in [0.2, 0.25) is 0 Å². The van der Waals surface area contributed by atoms with Crippen LogP contribution in [0.5, 0.6) is 0 Å². The van der Waals surface area contributed by atoms with Gasteiger partial charge in [0.15, 0.2) is 0 Å². The minimum Gasteiger partial charge on any atom is -0.377 e. The fourth-order valence-corrected chi connectivity index (χ4v) is 4.97. The highest BCUT2D eigenvalue weighted by Gasteiger charge is 2.39. The Bertz CT molecular complexity index is 1030. The number of allylic oxidation sites excluding steroid dienone is 2. The molecular weight excluding hydrogens is 373 g/mol. The molecule has 0 amide bonds. The van der Waals surface area contributed by atoms with Gasteiger partial charge in [-0.25, -0.2) is 0 Å². The zero-order valence-corrected chi connectivity index (χ0v) is 16.2. The molecular formula is C24H19Cl2N. The number of benzene rings is 3. The summed E-state index contributed by atoms with van der Waals surface area (Å²) < 4.78 is 0. The number of nitrogens with one attached hydrogen (secondary N) is 1. The summed E-state index contributed by atoms with van der Waals surface area (Å²) in [5.41, 5.74) is 6.10.